The smallest absolute Gasteiger partial charge is 0.244 e. The number of hydrogen-bond donors (Lipinski definition) is 1. The Morgan fingerprint density at radius 1 is 1.25 bits per heavy atom. The number of carbonyl (C=O) groups excluding carboxylic acids is 2. The monoisotopic (exact) mass is 353 g/mol. The lowest BCUT2D eigenvalue weighted by molar-refractivity contribution is -0.134. The summed E-state index contributed by atoms with van der Waals surface area (Å²) in [7, 11) is -0.520. The number of nitrogens with one attached hydrogen (secondary N) is 1. The van der Waals surface area contributed by atoms with Gasteiger partial charge in [-0.3, -0.25) is 9.59 Å². The van der Waals surface area contributed by atoms with Gasteiger partial charge in [0.15, 0.2) is 0 Å². The van der Waals surface area contributed by atoms with Crippen LogP contribution < -0.4 is 5.32 Å². The first kappa shape index (κ1) is 18.4. The number of nitrogens with zero attached hydrogens (tertiary/aromatic N) is 2. The molecule has 1 aromatic rings. The van der Waals surface area contributed by atoms with Crippen LogP contribution in [0.3, 0.4) is 0 Å². The van der Waals surface area contributed by atoms with Gasteiger partial charge in [0.25, 0.3) is 0 Å². The van der Waals surface area contributed by atoms with Crippen molar-refractivity contribution in [3.63, 3.8) is 0 Å². The fraction of sp³-hybridized carbons (Fsp3) is 0.500. The molecule has 2 amide bonds. The van der Waals surface area contributed by atoms with E-state index in [4.69, 9.17) is 0 Å². The van der Waals surface area contributed by atoms with Crippen LogP contribution in [0.15, 0.2) is 35.2 Å². The van der Waals surface area contributed by atoms with Gasteiger partial charge in [-0.05, 0) is 31.9 Å². The van der Waals surface area contributed by atoms with Gasteiger partial charge in [0.2, 0.25) is 21.8 Å². The summed E-state index contributed by atoms with van der Waals surface area (Å²) in [4.78, 5) is 25.9. The zero-order valence-corrected chi connectivity index (χ0v) is 14.9. The SMILES string of the molecule is CC(NC(=O)C1CCCN1S(=O)(=O)c1ccccc1)C(=O)N(C)C. The average molecular weight is 353 g/mol. The Bertz CT molecular complexity index is 703. The second kappa shape index (κ2) is 7.31. The summed E-state index contributed by atoms with van der Waals surface area (Å²) in [6.45, 7) is 1.89. The predicted molar refractivity (Wildman–Crippen MR) is 89.7 cm³/mol. The minimum absolute atomic E-state index is 0.169. The molecule has 24 heavy (non-hydrogen) atoms. The van der Waals surface area contributed by atoms with E-state index in [2.05, 4.69) is 5.32 Å². The van der Waals surface area contributed by atoms with Crippen molar-refractivity contribution in [1.82, 2.24) is 14.5 Å². The Morgan fingerprint density at radius 3 is 2.46 bits per heavy atom. The molecule has 8 heteroatoms. The van der Waals surface area contributed by atoms with E-state index in [1.54, 1.807) is 39.2 Å². The second-order valence-electron chi connectivity index (χ2n) is 6.05. The molecular weight excluding hydrogens is 330 g/mol. The number of hydrogen-bond acceptors (Lipinski definition) is 4. The van der Waals surface area contributed by atoms with Crippen LogP contribution in [0, 0.1) is 0 Å². The Labute approximate surface area is 142 Å². The zero-order chi connectivity index (χ0) is 17.9. The van der Waals surface area contributed by atoms with Gasteiger partial charge in [-0.2, -0.15) is 4.31 Å². The Kier molecular flexibility index (Phi) is 5.61. The fourth-order valence-electron chi connectivity index (χ4n) is 2.78. The van der Waals surface area contributed by atoms with Gasteiger partial charge in [0.05, 0.1) is 4.90 Å². The highest BCUT2D eigenvalue weighted by atomic mass is 32.2. The lowest BCUT2D eigenvalue weighted by atomic mass is 10.2. The third-order valence-electron chi connectivity index (χ3n) is 4.03. The molecule has 0 radical (unpaired) electrons. The van der Waals surface area contributed by atoms with Gasteiger partial charge >= 0.3 is 0 Å². The van der Waals surface area contributed by atoms with Gasteiger partial charge < -0.3 is 10.2 Å². The van der Waals surface area contributed by atoms with E-state index in [1.165, 1.54) is 21.3 Å². The molecule has 0 spiro atoms. The van der Waals surface area contributed by atoms with E-state index < -0.39 is 28.0 Å². The van der Waals surface area contributed by atoms with Crippen LogP contribution in [0.5, 0.6) is 0 Å². The maximum Gasteiger partial charge on any atom is 0.244 e. The Morgan fingerprint density at radius 2 is 1.88 bits per heavy atom. The number of likely N-dealkylation sites (N-methyl/N-ethyl adjacent to an activating group) is 1. The lowest BCUT2D eigenvalue weighted by Crippen LogP contribution is -2.51. The molecule has 2 rings (SSSR count). The molecule has 1 N–H and O–H groups in total. The van der Waals surface area contributed by atoms with Crippen molar-refractivity contribution < 1.29 is 18.0 Å². The lowest BCUT2D eigenvalue weighted by Gasteiger charge is -2.25. The van der Waals surface area contributed by atoms with Crippen molar-refractivity contribution in [3.8, 4) is 0 Å². The first-order valence-corrected chi connectivity index (χ1v) is 9.27. The molecule has 0 saturated carbocycles. The van der Waals surface area contributed by atoms with Crippen molar-refractivity contribution in [1.29, 1.82) is 0 Å². The molecule has 132 valence electrons. The predicted octanol–water partition coefficient (Wildman–Crippen LogP) is 0.433. The molecule has 1 heterocycles. The largest absolute Gasteiger partial charge is 0.347 e. The number of amides is 2. The van der Waals surface area contributed by atoms with Gasteiger partial charge in [-0.15, -0.1) is 0 Å². The number of sulfonamides is 1. The maximum atomic E-state index is 12.7. The van der Waals surface area contributed by atoms with Crippen LogP contribution in [0.1, 0.15) is 19.8 Å². The minimum Gasteiger partial charge on any atom is -0.347 e. The third kappa shape index (κ3) is 3.76. The van der Waals surface area contributed by atoms with Crippen LogP contribution in [-0.2, 0) is 19.6 Å². The maximum absolute atomic E-state index is 12.7. The minimum atomic E-state index is -3.73. The normalized spacial score (nSPS) is 19.7. The Balaban J connectivity index is 2.16. The van der Waals surface area contributed by atoms with Crippen molar-refractivity contribution in [2.75, 3.05) is 20.6 Å². The summed E-state index contributed by atoms with van der Waals surface area (Å²) < 4.78 is 26.7. The van der Waals surface area contributed by atoms with Crippen LogP contribution in [-0.4, -0.2) is 62.2 Å². The first-order valence-electron chi connectivity index (χ1n) is 7.83. The molecular formula is C16H23N3O4S. The molecule has 7 nitrogen and oxygen atoms in total. The molecule has 0 bridgehead atoms. The van der Waals surface area contributed by atoms with Crippen molar-refractivity contribution >= 4 is 21.8 Å². The quantitative estimate of drug-likeness (QED) is 0.832. The summed E-state index contributed by atoms with van der Waals surface area (Å²) >= 11 is 0. The van der Waals surface area contributed by atoms with E-state index >= 15 is 0 Å². The molecule has 1 aliphatic heterocycles. The van der Waals surface area contributed by atoms with E-state index in [0.717, 1.165) is 0 Å². The van der Waals surface area contributed by atoms with Gasteiger partial charge in [0.1, 0.15) is 12.1 Å². The molecule has 0 aliphatic carbocycles. The van der Waals surface area contributed by atoms with E-state index in [0.29, 0.717) is 19.4 Å². The van der Waals surface area contributed by atoms with Gasteiger partial charge in [-0.1, -0.05) is 18.2 Å². The molecule has 1 aromatic carbocycles. The molecule has 1 saturated heterocycles. The molecule has 1 fully saturated rings. The Hall–Kier alpha value is -1.93. The average Bonchev–Trinajstić information content (AvgIpc) is 3.05. The summed E-state index contributed by atoms with van der Waals surface area (Å²) in [5.74, 6) is -0.673. The zero-order valence-electron chi connectivity index (χ0n) is 14.1. The van der Waals surface area contributed by atoms with Crippen molar-refractivity contribution in [2.45, 2.75) is 36.7 Å². The van der Waals surface area contributed by atoms with Gasteiger partial charge in [-0.25, -0.2) is 8.42 Å². The van der Waals surface area contributed by atoms with Crippen LogP contribution >= 0.6 is 0 Å². The highest BCUT2D eigenvalue weighted by molar-refractivity contribution is 7.89. The van der Waals surface area contributed by atoms with Crippen LogP contribution in [0.4, 0.5) is 0 Å². The van der Waals surface area contributed by atoms with Crippen LogP contribution in [0.25, 0.3) is 0 Å². The number of rotatable bonds is 5. The number of benzene rings is 1. The highest BCUT2D eigenvalue weighted by Gasteiger charge is 2.40. The third-order valence-corrected chi connectivity index (χ3v) is 5.95. The summed E-state index contributed by atoms with van der Waals surface area (Å²) in [5.41, 5.74) is 0. The van der Waals surface area contributed by atoms with Gasteiger partial charge in [0, 0.05) is 20.6 Å². The van der Waals surface area contributed by atoms with Crippen molar-refractivity contribution in [2.24, 2.45) is 0 Å². The summed E-state index contributed by atoms with van der Waals surface area (Å²) in [6.07, 6.45) is 1.06. The van der Waals surface area contributed by atoms with E-state index in [1.807, 2.05) is 0 Å². The summed E-state index contributed by atoms with van der Waals surface area (Å²) in [5, 5.41) is 2.62. The second-order valence-corrected chi connectivity index (χ2v) is 7.94. The highest BCUT2D eigenvalue weighted by Crippen LogP contribution is 2.26. The fourth-order valence-corrected chi connectivity index (χ4v) is 4.45. The van der Waals surface area contributed by atoms with E-state index in [9.17, 15) is 18.0 Å². The molecule has 2 unspecified atom stereocenters. The first-order chi connectivity index (χ1) is 11.2. The molecule has 0 aromatic heterocycles. The standard InChI is InChI=1S/C16H23N3O4S/c1-12(16(21)18(2)3)17-15(20)14-10-7-11-19(14)24(22,23)13-8-5-4-6-9-13/h4-6,8-9,12,14H,7,10-11H2,1-3H3,(H,17,20). The summed E-state index contributed by atoms with van der Waals surface area (Å²) in [6, 6.07) is 6.58. The molecule has 2 atom stereocenters. The van der Waals surface area contributed by atoms with Crippen molar-refractivity contribution in [3.05, 3.63) is 30.3 Å². The number of carbonyl (C=O) groups is 2. The topological polar surface area (TPSA) is 86.8 Å². The van der Waals surface area contributed by atoms with Crippen LogP contribution in [0.2, 0.25) is 0 Å². The van der Waals surface area contributed by atoms with E-state index in [-0.39, 0.29) is 10.8 Å². The molecule has 1 aliphatic rings.